The molecule has 14 heteroatoms. The van der Waals surface area contributed by atoms with Gasteiger partial charge in [0.1, 0.15) is 0 Å². The van der Waals surface area contributed by atoms with Crippen LogP contribution in [0.1, 0.15) is 19.4 Å². The summed E-state index contributed by atoms with van der Waals surface area (Å²) in [5.41, 5.74) is -1.30. The summed E-state index contributed by atoms with van der Waals surface area (Å²) in [5.74, 6) is 0. The molecule has 0 heterocycles. The molecule has 178 valence electrons. The van der Waals surface area contributed by atoms with E-state index in [2.05, 4.69) is 4.84 Å². The Morgan fingerprint density at radius 3 is 1.84 bits per heavy atom. The van der Waals surface area contributed by atoms with Gasteiger partial charge in [0.2, 0.25) is 0 Å². The molecule has 0 unspecified atom stereocenters. The molecule has 2 rings (SSSR count). The number of alkyl halides is 6. The fraction of sp³-hybridized carbons (Fsp3) is 0.333. The average Bonchev–Trinajstić information content (AvgIpc) is 2.66. The van der Waals surface area contributed by atoms with E-state index in [0.717, 1.165) is 38.1 Å². The Hall–Kier alpha value is -2.16. The summed E-state index contributed by atoms with van der Waals surface area (Å²) in [5, 5.41) is 0. The lowest BCUT2D eigenvalue weighted by molar-refractivity contribution is -0.390. The summed E-state index contributed by atoms with van der Waals surface area (Å²) in [6, 6.07) is 8.36. The molecule has 0 atom stereocenters. The monoisotopic (exact) mass is 505 g/mol. The Morgan fingerprint density at radius 2 is 1.34 bits per heavy atom. The van der Waals surface area contributed by atoms with E-state index < -0.39 is 63.5 Å². The third-order valence-corrected chi connectivity index (χ3v) is 8.29. The molecule has 0 aliphatic heterocycles. The van der Waals surface area contributed by atoms with Crippen molar-refractivity contribution in [3.63, 3.8) is 0 Å². The molecule has 0 aliphatic rings. The third-order valence-electron chi connectivity index (χ3n) is 4.22. The van der Waals surface area contributed by atoms with E-state index >= 15 is 0 Å². The maximum atomic E-state index is 13.0. The second-order valence-corrected chi connectivity index (χ2v) is 11.5. The zero-order chi connectivity index (χ0) is 24.6. The molecule has 2 aromatic carbocycles. The highest BCUT2D eigenvalue weighted by Gasteiger charge is 2.46. The van der Waals surface area contributed by atoms with Gasteiger partial charge in [-0.05, 0) is 44.2 Å². The molecule has 0 saturated carbocycles. The molecule has 6 nitrogen and oxygen atoms in total. The number of rotatable bonds is 7. The van der Waals surface area contributed by atoms with E-state index in [0.29, 0.717) is 12.1 Å². The van der Waals surface area contributed by atoms with Gasteiger partial charge in [-0.25, -0.2) is 16.8 Å². The van der Waals surface area contributed by atoms with Crippen LogP contribution >= 0.6 is 0 Å². The number of hydrogen-bond donors (Lipinski definition) is 0. The molecule has 0 spiro atoms. The van der Waals surface area contributed by atoms with E-state index in [1.165, 1.54) is 18.2 Å². The lowest BCUT2D eigenvalue weighted by Crippen LogP contribution is -2.48. The van der Waals surface area contributed by atoms with Crippen molar-refractivity contribution in [2.24, 2.45) is 0 Å². The predicted molar refractivity (Wildman–Crippen MR) is 100 cm³/mol. The Balaban J connectivity index is 2.52. The first-order valence-electron chi connectivity index (χ1n) is 8.63. The summed E-state index contributed by atoms with van der Waals surface area (Å²) in [4.78, 5) is 2.14. The Bertz CT molecular complexity index is 1160. The molecule has 0 aromatic heterocycles. The van der Waals surface area contributed by atoms with Crippen molar-refractivity contribution in [2.45, 2.75) is 40.9 Å². The second kappa shape index (κ2) is 8.65. The summed E-state index contributed by atoms with van der Waals surface area (Å²) < 4.78 is 126. The Labute approximate surface area is 180 Å². The van der Waals surface area contributed by atoms with Gasteiger partial charge in [0, 0.05) is 0 Å². The van der Waals surface area contributed by atoms with Crippen LogP contribution in [0.15, 0.2) is 64.4 Å². The summed E-state index contributed by atoms with van der Waals surface area (Å²) >= 11 is 0. The normalized spacial score (nSPS) is 14.0. The van der Waals surface area contributed by atoms with Gasteiger partial charge in [-0.1, -0.05) is 28.7 Å². The summed E-state index contributed by atoms with van der Waals surface area (Å²) in [6.07, 6.45) is -10.4. The van der Waals surface area contributed by atoms with Gasteiger partial charge in [-0.3, -0.25) is 0 Å². The number of benzene rings is 2. The number of hydroxylamine groups is 1. The Morgan fingerprint density at radius 1 is 0.812 bits per heavy atom. The van der Waals surface area contributed by atoms with Crippen molar-refractivity contribution in [2.75, 3.05) is 6.54 Å². The van der Waals surface area contributed by atoms with Gasteiger partial charge in [0.15, 0.2) is 9.84 Å². The minimum Gasteiger partial charge on any atom is -0.223 e. The van der Waals surface area contributed by atoms with Crippen molar-refractivity contribution >= 4 is 19.9 Å². The van der Waals surface area contributed by atoms with Crippen LogP contribution in [0.25, 0.3) is 0 Å². The van der Waals surface area contributed by atoms with Crippen molar-refractivity contribution in [1.29, 1.82) is 0 Å². The largest absolute Gasteiger partial charge is 0.540 e. The zero-order valence-electron chi connectivity index (χ0n) is 16.5. The van der Waals surface area contributed by atoms with Crippen LogP contribution in [0.3, 0.4) is 0 Å². The topological polar surface area (TPSA) is 80.8 Å². The summed E-state index contributed by atoms with van der Waals surface area (Å²) in [7, 11) is -9.76. The zero-order valence-corrected chi connectivity index (χ0v) is 18.1. The lowest BCUT2D eigenvalue weighted by atomic mass is 10.2. The first-order chi connectivity index (χ1) is 14.4. The number of halogens is 6. The van der Waals surface area contributed by atoms with Crippen LogP contribution < -0.4 is 0 Å². The summed E-state index contributed by atoms with van der Waals surface area (Å²) in [6.45, 7) is 0.369. The molecule has 2 aromatic rings. The van der Waals surface area contributed by atoms with E-state index in [4.69, 9.17) is 0 Å². The number of nitrogens with zero attached hydrogens (tertiary/aromatic N) is 1. The smallest absolute Gasteiger partial charge is 0.223 e. The van der Waals surface area contributed by atoms with Gasteiger partial charge in [-0.2, -0.15) is 18.0 Å². The average molecular weight is 505 g/mol. The van der Waals surface area contributed by atoms with Gasteiger partial charge in [0.05, 0.1) is 26.6 Å². The van der Waals surface area contributed by atoms with E-state index in [1.807, 2.05) is 0 Å². The first-order valence-corrected chi connectivity index (χ1v) is 11.6. The van der Waals surface area contributed by atoms with E-state index in [-0.39, 0.29) is 0 Å². The van der Waals surface area contributed by atoms with E-state index in [9.17, 15) is 43.2 Å². The molecule has 0 N–H and O–H groups in total. The third kappa shape index (κ3) is 5.79. The standard InChI is InChI=1S/C18H17F6NO5S2/c1-16(2,31(26,27)15-10-6-7-13(11-15)17(19,20)21)12-25(30-18(22,23)24)32(28,29)14-8-4-3-5-9-14/h3-11H,12H2,1-2H3. The molecule has 0 radical (unpaired) electrons. The SMILES string of the molecule is CC(C)(CN(OC(F)(F)F)S(=O)(=O)c1ccccc1)S(=O)(=O)c1cccc(C(F)(F)F)c1. The van der Waals surface area contributed by atoms with Crippen molar-refractivity contribution in [3.05, 3.63) is 60.2 Å². The van der Waals surface area contributed by atoms with Gasteiger partial charge >= 0.3 is 12.5 Å². The highest BCUT2D eigenvalue weighted by Crippen LogP contribution is 2.35. The molecule has 0 aliphatic carbocycles. The molecule has 0 fully saturated rings. The highest BCUT2D eigenvalue weighted by molar-refractivity contribution is 7.93. The van der Waals surface area contributed by atoms with Crippen LogP contribution in [0, 0.1) is 0 Å². The fourth-order valence-electron chi connectivity index (χ4n) is 2.55. The second-order valence-electron chi connectivity index (χ2n) is 7.10. The lowest BCUT2D eigenvalue weighted by Gasteiger charge is -2.31. The molecular weight excluding hydrogens is 488 g/mol. The van der Waals surface area contributed by atoms with E-state index in [1.54, 1.807) is 0 Å². The maximum absolute atomic E-state index is 13.0. The van der Waals surface area contributed by atoms with Crippen LogP contribution in [-0.4, -0.2) is 39.0 Å². The van der Waals surface area contributed by atoms with Crippen molar-refractivity contribution < 1.29 is 48.0 Å². The van der Waals surface area contributed by atoms with Crippen molar-refractivity contribution in [1.82, 2.24) is 4.47 Å². The van der Waals surface area contributed by atoms with Crippen LogP contribution in [0.4, 0.5) is 26.3 Å². The highest BCUT2D eigenvalue weighted by atomic mass is 32.2. The predicted octanol–water partition coefficient (Wildman–Crippen LogP) is 4.40. The fourth-order valence-corrected chi connectivity index (χ4v) is 5.50. The molecule has 0 bridgehead atoms. The number of sulfonamides is 1. The van der Waals surface area contributed by atoms with Gasteiger partial charge in [0.25, 0.3) is 10.0 Å². The number of sulfone groups is 1. The first kappa shape index (κ1) is 26.1. The Kier molecular flexibility index (Phi) is 7.05. The van der Waals surface area contributed by atoms with Crippen molar-refractivity contribution in [3.8, 4) is 0 Å². The minimum atomic E-state index is -5.50. The maximum Gasteiger partial charge on any atom is 0.540 e. The molecule has 0 saturated heterocycles. The van der Waals surface area contributed by atoms with Crippen LogP contribution in [0.5, 0.6) is 0 Å². The molecule has 0 amide bonds. The van der Waals surface area contributed by atoms with Crippen LogP contribution in [-0.2, 0) is 30.9 Å². The quantitative estimate of drug-likeness (QED) is 0.412. The minimum absolute atomic E-state index is 0.317. The number of hydrogen-bond acceptors (Lipinski definition) is 5. The van der Waals surface area contributed by atoms with Gasteiger partial charge < -0.3 is 0 Å². The van der Waals surface area contributed by atoms with Gasteiger partial charge in [-0.15, -0.1) is 13.2 Å². The molecule has 32 heavy (non-hydrogen) atoms. The van der Waals surface area contributed by atoms with Crippen LogP contribution in [0.2, 0.25) is 0 Å². The molecular formula is C18H17F6NO5S2.